The molecule has 0 amide bonds. The van der Waals surface area contributed by atoms with Gasteiger partial charge in [0, 0.05) is 5.41 Å². The van der Waals surface area contributed by atoms with Crippen LogP contribution in [0.2, 0.25) is 0 Å². The minimum absolute atomic E-state index is 0.474. The Labute approximate surface area is 99.4 Å². The van der Waals surface area contributed by atoms with E-state index in [1.54, 1.807) is 0 Å². The molecular formula is C13H24OS. The standard InChI is InChI=1S/C13H24OS/c1-2-11-4-3-5-12(8-11)14-9-13(10-15)6-7-13/h11-12,15H,2-10H2,1H3. The summed E-state index contributed by atoms with van der Waals surface area (Å²) in [6, 6.07) is 0. The Morgan fingerprint density at radius 2 is 2.13 bits per heavy atom. The van der Waals surface area contributed by atoms with E-state index in [4.69, 9.17) is 4.74 Å². The first-order valence-corrected chi connectivity index (χ1v) is 7.14. The maximum absolute atomic E-state index is 6.08. The van der Waals surface area contributed by atoms with Gasteiger partial charge in [0.2, 0.25) is 0 Å². The summed E-state index contributed by atoms with van der Waals surface area (Å²) >= 11 is 4.42. The van der Waals surface area contributed by atoms with Gasteiger partial charge in [-0.05, 0) is 37.4 Å². The molecule has 2 aliphatic rings. The molecule has 0 aromatic rings. The Morgan fingerprint density at radius 1 is 1.33 bits per heavy atom. The Balaban J connectivity index is 1.70. The summed E-state index contributed by atoms with van der Waals surface area (Å²) in [5.41, 5.74) is 0.474. The van der Waals surface area contributed by atoms with Crippen molar-refractivity contribution in [2.75, 3.05) is 12.4 Å². The molecular weight excluding hydrogens is 204 g/mol. The van der Waals surface area contributed by atoms with Crippen LogP contribution in [0.25, 0.3) is 0 Å². The van der Waals surface area contributed by atoms with Gasteiger partial charge in [0.25, 0.3) is 0 Å². The van der Waals surface area contributed by atoms with E-state index < -0.39 is 0 Å². The fraction of sp³-hybridized carbons (Fsp3) is 1.00. The van der Waals surface area contributed by atoms with Crippen LogP contribution < -0.4 is 0 Å². The number of hydrogen-bond acceptors (Lipinski definition) is 2. The summed E-state index contributed by atoms with van der Waals surface area (Å²) in [6.07, 6.45) is 9.95. The molecule has 15 heavy (non-hydrogen) atoms. The van der Waals surface area contributed by atoms with Crippen LogP contribution in [-0.4, -0.2) is 18.5 Å². The van der Waals surface area contributed by atoms with Gasteiger partial charge >= 0.3 is 0 Å². The zero-order valence-corrected chi connectivity index (χ0v) is 10.8. The quantitative estimate of drug-likeness (QED) is 0.706. The van der Waals surface area contributed by atoms with Crippen molar-refractivity contribution in [3.8, 4) is 0 Å². The molecule has 2 aliphatic carbocycles. The summed E-state index contributed by atoms with van der Waals surface area (Å²) in [5, 5.41) is 0. The third-order valence-corrected chi connectivity index (χ3v) is 4.90. The zero-order valence-electron chi connectivity index (χ0n) is 9.87. The summed E-state index contributed by atoms with van der Waals surface area (Å²) in [5.74, 6) is 1.94. The van der Waals surface area contributed by atoms with E-state index in [9.17, 15) is 0 Å². The van der Waals surface area contributed by atoms with Crippen LogP contribution in [0.5, 0.6) is 0 Å². The molecule has 0 aromatic carbocycles. The summed E-state index contributed by atoms with van der Waals surface area (Å²) in [6.45, 7) is 3.28. The van der Waals surface area contributed by atoms with E-state index in [0.717, 1.165) is 18.3 Å². The third-order valence-electron chi connectivity index (χ3n) is 4.23. The molecule has 2 unspecified atom stereocenters. The first-order chi connectivity index (χ1) is 7.28. The van der Waals surface area contributed by atoms with Gasteiger partial charge in [-0.15, -0.1) is 0 Å². The predicted molar refractivity (Wildman–Crippen MR) is 67.5 cm³/mol. The number of thiol groups is 1. The van der Waals surface area contributed by atoms with Crippen LogP contribution in [-0.2, 0) is 4.74 Å². The van der Waals surface area contributed by atoms with Gasteiger partial charge in [-0.25, -0.2) is 0 Å². The smallest absolute Gasteiger partial charge is 0.0578 e. The van der Waals surface area contributed by atoms with Crippen molar-refractivity contribution in [1.82, 2.24) is 0 Å². The monoisotopic (exact) mass is 228 g/mol. The molecule has 0 N–H and O–H groups in total. The van der Waals surface area contributed by atoms with Gasteiger partial charge in [0.05, 0.1) is 12.7 Å². The van der Waals surface area contributed by atoms with E-state index >= 15 is 0 Å². The molecule has 2 fully saturated rings. The van der Waals surface area contributed by atoms with E-state index in [-0.39, 0.29) is 0 Å². The van der Waals surface area contributed by atoms with Crippen LogP contribution in [0.3, 0.4) is 0 Å². The van der Waals surface area contributed by atoms with E-state index in [1.165, 1.54) is 44.9 Å². The summed E-state index contributed by atoms with van der Waals surface area (Å²) < 4.78 is 6.08. The zero-order chi connectivity index (χ0) is 10.7. The minimum Gasteiger partial charge on any atom is -0.378 e. The van der Waals surface area contributed by atoms with Crippen LogP contribution in [0.4, 0.5) is 0 Å². The van der Waals surface area contributed by atoms with Crippen LogP contribution in [0.15, 0.2) is 0 Å². The van der Waals surface area contributed by atoms with Gasteiger partial charge in [0.1, 0.15) is 0 Å². The largest absolute Gasteiger partial charge is 0.378 e. The highest BCUT2D eigenvalue weighted by Gasteiger charge is 2.42. The summed E-state index contributed by atoms with van der Waals surface area (Å²) in [4.78, 5) is 0. The van der Waals surface area contributed by atoms with E-state index in [1.807, 2.05) is 0 Å². The second kappa shape index (κ2) is 5.09. The average Bonchev–Trinajstić information content (AvgIpc) is 3.07. The highest BCUT2D eigenvalue weighted by molar-refractivity contribution is 7.80. The second-order valence-electron chi connectivity index (χ2n) is 5.53. The van der Waals surface area contributed by atoms with Gasteiger partial charge in [-0.3, -0.25) is 0 Å². The molecule has 2 heteroatoms. The Hall–Kier alpha value is 0.310. The second-order valence-corrected chi connectivity index (χ2v) is 5.85. The van der Waals surface area contributed by atoms with Crippen LogP contribution in [0, 0.1) is 11.3 Å². The lowest BCUT2D eigenvalue weighted by Crippen LogP contribution is -2.26. The van der Waals surface area contributed by atoms with Crippen molar-refractivity contribution in [3.63, 3.8) is 0 Å². The van der Waals surface area contributed by atoms with Crippen LogP contribution in [0.1, 0.15) is 51.9 Å². The molecule has 0 radical (unpaired) electrons. The summed E-state index contributed by atoms with van der Waals surface area (Å²) in [7, 11) is 0. The topological polar surface area (TPSA) is 9.23 Å². The number of hydrogen-bond donors (Lipinski definition) is 1. The van der Waals surface area contributed by atoms with E-state index in [2.05, 4.69) is 19.6 Å². The normalized spacial score (nSPS) is 34.0. The average molecular weight is 228 g/mol. The first-order valence-electron chi connectivity index (χ1n) is 6.50. The molecule has 2 saturated carbocycles. The first kappa shape index (κ1) is 11.8. The molecule has 2 atom stereocenters. The number of rotatable bonds is 5. The lowest BCUT2D eigenvalue weighted by atomic mass is 9.85. The van der Waals surface area contributed by atoms with Crippen LogP contribution >= 0.6 is 12.6 Å². The molecule has 0 heterocycles. The van der Waals surface area contributed by atoms with Crippen molar-refractivity contribution in [2.24, 2.45) is 11.3 Å². The van der Waals surface area contributed by atoms with Crippen molar-refractivity contribution < 1.29 is 4.74 Å². The number of ether oxygens (including phenoxy) is 1. The van der Waals surface area contributed by atoms with Crippen molar-refractivity contribution >= 4 is 12.6 Å². The van der Waals surface area contributed by atoms with Crippen molar-refractivity contribution in [2.45, 2.75) is 58.0 Å². The fourth-order valence-electron chi connectivity index (χ4n) is 2.58. The Morgan fingerprint density at radius 3 is 2.73 bits per heavy atom. The van der Waals surface area contributed by atoms with Gasteiger partial charge in [0.15, 0.2) is 0 Å². The Kier molecular flexibility index (Phi) is 4.00. The Bertz CT molecular complexity index is 201. The van der Waals surface area contributed by atoms with Gasteiger partial charge in [-0.2, -0.15) is 12.6 Å². The maximum atomic E-state index is 6.08. The highest BCUT2D eigenvalue weighted by atomic mass is 32.1. The van der Waals surface area contributed by atoms with E-state index in [0.29, 0.717) is 11.5 Å². The molecule has 88 valence electrons. The molecule has 0 spiro atoms. The lowest BCUT2D eigenvalue weighted by molar-refractivity contribution is -0.00706. The molecule has 0 aliphatic heterocycles. The fourth-order valence-corrected chi connectivity index (χ4v) is 2.99. The highest BCUT2D eigenvalue weighted by Crippen LogP contribution is 2.47. The maximum Gasteiger partial charge on any atom is 0.0578 e. The molecule has 0 saturated heterocycles. The van der Waals surface area contributed by atoms with Gasteiger partial charge in [-0.1, -0.05) is 26.2 Å². The van der Waals surface area contributed by atoms with Crippen molar-refractivity contribution in [3.05, 3.63) is 0 Å². The van der Waals surface area contributed by atoms with Crippen molar-refractivity contribution in [1.29, 1.82) is 0 Å². The lowest BCUT2D eigenvalue weighted by Gasteiger charge is -2.29. The molecule has 0 aromatic heterocycles. The third kappa shape index (κ3) is 3.13. The SMILES string of the molecule is CCC1CCCC(OCC2(CS)CC2)C1. The van der Waals surface area contributed by atoms with Gasteiger partial charge < -0.3 is 4.74 Å². The minimum atomic E-state index is 0.474. The molecule has 1 nitrogen and oxygen atoms in total. The predicted octanol–water partition coefficient (Wildman–Crippen LogP) is 3.68. The molecule has 0 bridgehead atoms. The molecule has 2 rings (SSSR count).